The molecule has 8 heteroatoms. The number of aromatic nitrogens is 6. The second-order valence-corrected chi connectivity index (χ2v) is 32.7. The van der Waals surface area contributed by atoms with Crippen LogP contribution in [0.4, 0.5) is 0 Å². The van der Waals surface area contributed by atoms with Gasteiger partial charge in [-0.1, -0.05) is 376 Å². The van der Waals surface area contributed by atoms with E-state index in [1.165, 1.54) is 0 Å². The van der Waals surface area contributed by atoms with Crippen molar-refractivity contribution in [2.45, 2.75) is 0 Å². The molecular formula is C126H78Ir2N6. The van der Waals surface area contributed by atoms with Crippen LogP contribution in [0.2, 0.25) is 0 Å². The maximum Gasteiger partial charge on any atom is 3.00 e. The van der Waals surface area contributed by atoms with Crippen molar-refractivity contribution in [3.05, 3.63) is 510 Å². The van der Waals surface area contributed by atoms with E-state index in [1.54, 1.807) is 0 Å². The number of rotatable bonds is 21. The molecule has 0 N–H and O–H groups in total. The third-order valence-electron chi connectivity index (χ3n) is 24.6. The maximum atomic E-state index is 5.16. The van der Waals surface area contributed by atoms with Gasteiger partial charge in [-0.05, 0) is 189 Å². The van der Waals surface area contributed by atoms with Crippen LogP contribution >= 0.6 is 0 Å². The van der Waals surface area contributed by atoms with E-state index < -0.39 is 0 Å². The van der Waals surface area contributed by atoms with Gasteiger partial charge in [0.05, 0.1) is 0 Å². The van der Waals surface area contributed by atoms with Crippen LogP contribution in [0.3, 0.4) is 0 Å². The van der Waals surface area contributed by atoms with E-state index in [4.69, 9.17) is 29.9 Å². The van der Waals surface area contributed by atoms with E-state index >= 15 is 0 Å². The summed E-state index contributed by atoms with van der Waals surface area (Å²) >= 11 is 0. The fourth-order valence-electron chi connectivity index (χ4n) is 17.8. The molecule has 6 heterocycles. The van der Waals surface area contributed by atoms with E-state index in [-0.39, 0.29) is 40.2 Å². The first kappa shape index (κ1) is 85.8. The molecule has 0 fully saturated rings. The average Bonchev–Trinajstić information content (AvgIpc) is 0.767. The molecule has 0 spiro atoms. The fraction of sp³-hybridized carbons (Fsp3) is 0. The van der Waals surface area contributed by atoms with Crippen molar-refractivity contribution in [3.63, 3.8) is 0 Å². The standard InChI is InChI=1S/C126H78N6.2Ir/c1-5-25-85(26-6-1)97-71-72-127-126(79-97)96-59-51-92(52-60-96)112-36-16-22-42-118(112)106-74-105(117-41-21-15-35-111(117)91-49-57-95(58-50-91)123-68-63-100(82-130-123)88-31-11-4-12-32-88)77-108(78-106)120-44-24-18-38-114(120)102-65-70-125(132-84-102)124-69-64-101(83-131-124)113-37-17-23-43-119(113)107-75-103(115-39-19-13-33-109(115)89-45-53-93(54-46-89)121-66-61-98(80-128-121)86-27-7-2-8-28-86)73-104(76-107)116-40-20-14-34-110(116)90-47-55-94(56-48-90)122-67-62-99(81-129-122)87-29-9-3-10-30-87;;/h1-53,55,57,59,61-68,71-84H;;/q-6;2*+3. The predicted octanol–water partition coefficient (Wildman–Crippen LogP) is 31.9. The molecular weight excluding hydrogens is 1980 g/mol. The minimum absolute atomic E-state index is 0. The summed E-state index contributed by atoms with van der Waals surface area (Å²) in [5.74, 6) is 0. The van der Waals surface area contributed by atoms with Gasteiger partial charge in [-0.15, -0.1) is 131 Å². The van der Waals surface area contributed by atoms with Gasteiger partial charge in [-0.2, -0.15) is 12.1 Å². The van der Waals surface area contributed by atoms with E-state index in [9.17, 15) is 0 Å². The van der Waals surface area contributed by atoms with Crippen LogP contribution in [0.1, 0.15) is 0 Å². The SMILES string of the molecule is [Ir+3].[Ir+3].[c-]1cc(-c2ccccc2-c2cc(-c3ccccc3-c3c[c-]c(-c4ccc(-c5ccccc5)cn4)cc3)cc(-c3ccccc3-c3c[c-]c(-c4[c-]cc(-c5ccccc5-c5cc(-c6ccccc6-c6c[c-]c(-c7ccc(-c8ccccc8)cn7)cc6)cc(-c6ccccc6-c6c[c-]c(-c7cc(-c8ccccc8)ccn7)cc6)c5)cn4)nc3)c2)ccc1-c1ccc(-c2ccccc2)cn1. The van der Waals surface area contributed by atoms with Gasteiger partial charge in [-0.25, -0.2) is 12.1 Å². The number of hydrogen-bond acceptors (Lipinski definition) is 6. The second kappa shape index (κ2) is 39.2. The Balaban J connectivity index is 0.00000557. The Kier molecular flexibility index (Phi) is 25.1. The first-order valence-electron chi connectivity index (χ1n) is 44.2. The van der Waals surface area contributed by atoms with Crippen molar-refractivity contribution < 1.29 is 40.2 Å². The minimum atomic E-state index is 0. The molecule has 22 aromatic rings. The largest absolute Gasteiger partial charge is 3.00 e. The molecule has 0 unspecified atom stereocenters. The van der Waals surface area contributed by atoms with Crippen LogP contribution in [0, 0.1) is 36.4 Å². The summed E-state index contributed by atoms with van der Waals surface area (Å²) in [5.41, 5.74) is 42.1. The summed E-state index contributed by atoms with van der Waals surface area (Å²) < 4.78 is 0. The molecule has 0 aliphatic carbocycles. The Morgan fingerprint density at radius 2 is 0.351 bits per heavy atom. The third-order valence-corrected chi connectivity index (χ3v) is 24.6. The molecule has 0 saturated heterocycles. The molecule has 0 atom stereocenters. The van der Waals surface area contributed by atoms with E-state index in [0.717, 1.165) is 223 Å². The third kappa shape index (κ3) is 18.1. The minimum Gasteiger partial charge on any atom is -0.357 e. The van der Waals surface area contributed by atoms with E-state index in [1.807, 2.05) is 73.6 Å². The van der Waals surface area contributed by atoms with Crippen molar-refractivity contribution in [1.29, 1.82) is 0 Å². The van der Waals surface area contributed by atoms with Gasteiger partial charge in [0, 0.05) is 24.8 Å². The van der Waals surface area contributed by atoms with Crippen LogP contribution in [0.15, 0.2) is 474 Å². The smallest absolute Gasteiger partial charge is 0.357 e. The molecule has 0 bridgehead atoms. The topological polar surface area (TPSA) is 77.3 Å². The summed E-state index contributed by atoms with van der Waals surface area (Å²) in [4.78, 5) is 29.8. The van der Waals surface area contributed by atoms with Gasteiger partial charge in [0.25, 0.3) is 0 Å². The fourth-order valence-corrected chi connectivity index (χ4v) is 17.8. The normalized spacial score (nSPS) is 11.0. The van der Waals surface area contributed by atoms with Crippen molar-refractivity contribution >= 4 is 0 Å². The molecule has 6 aromatic heterocycles. The zero-order valence-corrected chi connectivity index (χ0v) is 77.2. The second-order valence-electron chi connectivity index (χ2n) is 32.7. The van der Waals surface area contributed by atoms with Crippen molar-refractivity contribution in [1.82, 2.24) is 29.9 Å². The Morgan fingerprint density at radius 1 is 0.134 bits per heavy atom. The van der Waals surface area contributed by atoms with Gasteiger partial charge in [0.1, 0.15) is 0 Å². The number of pyridine rings is 6. The van der Waals surface area contributed by atoms with E-state index in [0.29, 0.717) is 11.4 Å². The Morgan fingerprint density at radius 3 is 0.582 bits per heavy atom. The van der Waals surface area contributed by atoms with Crippen molar-refractivity contribution in [2.24, 2.45) is 0 Å². The maximum absolute atomic E-state index is 5.16. The summed E-state index contributed by atoms with van der Waals surface area (Å²) in [6.07, 6.45) is 11.6. The monoisotopic (exact) mass is 2060 g/mol. The predicted molar refractivity (Wildman–Crippen MR) is 540 cm³/mol. The van der Waals surface area contributed by atoms with Crippen LogP contribution in [-0.2, 0) is 40.2 Å². The Hall–Kier alpha value is -16.3. The van der Waals surface area contributed by atoms with Gasteiger partial charge in [0.2, 0.25) is 0 Å². The van der Waals surface area contributed by atoms with Crippen LogP contribution in [0.5, 0.6) is 0 Å². The molecule has 134 heavy (non-hydrogen) atoms. The first-order valence-corrected chi connectivity index (χ1v) is 44.2. The zero-order valence-electron chi connectivity index (χ0n) is 72.4. The molecule has 6 nitrogen and oxygen atoms in total. The Bertz CT molecular complexity index is 7690. The molecule has 0 saturated carbocycles. The quantitative estimate of drug-likeness (QED) is 0.0667. The average molecular weight is 2060 g/mol. The molecule has 0 amide bonds. The molecule has 0 radical (unpaired) electrons. The Labute approximate surface area is 808 Å². The molecule has 0 aliphatic rings. The van der Waals surface area contributed by atoms with Gasteiger partial charge in [-0.3, -0.25) is 0 Å². The van der Waals surface area contributed by atoms with Crippen LogP contribution in [0.25, 0.3) is 234 Å². The first-order chi connectivity index (χ1) is 65.4. The molecule has 0 aliphatic heterocycles. The van der Waals surface area contributed by atoms with Crippen LogP contribution in [-0.4, -0.2) is 29.9 Å². The summed E-state index contributed by atoms with van der Waals surface area (Å²) in [5, 5.41) is 0. The van der Waals surface area contributed by atoms with E-state index in [2.05, 4.69) is 437 Å². The number of hydrogen-bond donors (Lipinski definition) is 0. The zero-order chi connectivity index (χ0) is 87.9. The van der Waals surface area contributed by atoms with Gasteiger partial charge >= 0.3 is 40.2 Å². The summed E-state index contributed by atoms with van der Waals surface area (Å²) in [6, 6.07) is 175. The summed E-state index contributed by atoms with van der Waals surface area (Å²) in [7, 11) is 0. The van der Waals surface area contributed by atoms with Gasteiger partial charge < -0.3 is 29.9 Å². The molecule has 630 valence electrons. The van der Waals surface area contributed by atoms with Crippen LogP contribution < -0.4 is 0 Å². The number of benzene rings is 16. The number of nitrogens with zero attached hydrogens (tertiary/aromatic N) is 6. The molecule has 22 rings (SSSR count). The van der Waals surface area contributed by atoms with Crippen molar-refractivity contribution in [2.75, 3.05) is 0 Å². The van der Waals surface area contributed by atoms with Gasteiger partial charge in [0.15, 0.2) is 0 Å². The van der Waals surface area contributed by atoms with Crippen molar-refractivity contribution in [3.8, 4) is 234 Å². The molecule has 16 aromatic carbocycles. The summed E-state index contributed by atoms with van der Waals surface area (Å²) in [6.45, 7) is 0.